The molecule has 1 N–H and O–H groups in total. The number of carbonyl (C=O) groups excluding carboxylic acids is 2. The van der Waals surface area contributed by atoms with Crippen LogP contribution < -0.4 is 0 Å². The third kappa shape index (κ3) is 4.99. The van der Waals surface area contributed by atoms with Gasteiger partial charge in [0.2, 0.25) is 0 Å². The van der Waals surface area contributed by atoms with Gasteiger partial charge in [0.25, 0.3) is 5.91 Å². The fourth-order valence-corrected chi connectivity index (χ4v) is 4.61. The number of phenolic OH excluding ortho intramolecular Hbond substituents is 1. The zero-order valence-electron chi connectivity index (χ0n) is 17.1. The maximum atomic E-state index is 13.4. The number of phenols is 1. The molecule has 1 aliphatic heterocycles. The number of hydrogen-bond acceptors (Lipinski definition) is 4. The predicted octanol–water partition coefficient (Wildman–Crippen LogP) is 5.56. The summed E-state index contributed by atoms with van der Waals surface area (Å²) in [6.07, 6.45) is 1.16. The summed E-state index contributed by atoms with van der Waals surface area (Å²) in [5.74, 6) is -2.00. The van der Waals surface area contributed by atoms with E-state index in [2.05, 4.69) is 0 Å². The average molecular weight is 454 g/mol. The molecule has 3 aromatic rings. The average Bonchev–Trinajstić information content (AvgIpc) is 2.81. The Labute approximate surface area is 188 Å². The van der Waals surface area contributed by atoms with E-state index in [1.807, 2.05) is 0 Å². The van der Waals surface area contributed by atoms with Gasteiger partial charge < -0.3 is 10.0 Å². The van der Waals surface area contributed by atoms with Crippen LogP contribution in [0, 0.1) is 17.6 Å². The van der Waals surface area contributed by atoms with Gasteiger partial charge in [-0.05, 0) is 61.4 Å². The molecule has 3 aromatic carbocycles. The Kier molecular flexibility index (Phi) is 6.55. The summed E-state index contributed by atoms with van der Waals surface area (Å²) in [6.45, 7) is 0.962. The van der Waals surface area contributed by atoms with Gasteiger partial charge in [-0.2, -0.15) is 0 Å². The maximum Gasteiger partial charge on any atom is 0.253 e. The van der Waals surface area contributed by atoms with Gasteiger partial charge in [0.1, 0.15) is 5.75 Å². The molecule has 0 aromatic heterocycles. The molecular formula is C25H21F2NO3S. The monoisotopic (exact) mass is 453 g/mol. The summed E-state index contributed by atoms with van der Waals surface area (Å²) in [7, 11) is 0. The van der Waals surface area contributed by atoms with Crippen molar-refractivity contribution in [2.75, 3.05) is 13.1 Å². The second-order valence-corrected chi connectivity index (χ2v) is 8.83. The van der Waals surface area contributed by atoms with Gasteiger partial charge in [-0.15, -0.1) is 0 Å². The van der Waals surface area contributed by atoms with Crippen LogP contribution in [0.25, 0.3) is 0 Å². The van der Waals surface area contributed by atoms with E-state index in [0.717, 1.165) is 17.0 Å². The highest BCUT2D eigenvalue weighted by Gasteiger charge is 2.28. The summed E-state index contributed by atoms with van der Waals surface area (Å²) in [5, 5.41) is 9.58. The molecule has 1 heterocycles. The molecule has 164 valence electrons. The number of halogens is 2. The molecule has 1 fully saturated rings. The third-order valence-corrected chi connectivity index (χ3v) is 6.51. The van der Waals surface area contributed by atoms with E-state index in [0.29, 0.717) is 42.0 Å². The Morgan fingerprint density at radius 1 is 0.844 bits per heavy atom. The zero-order valence-corrected chi connectivity index (χ0v) is 17.9. The first kappa shape index (κ1) is 22.0. The molecule has 0 atom stereocenters. The number of piperidine rings is 1. The number of carbonyl (C=O) groups is 2. The van der Waals surface area contributed by atoms with Crippen LogP contribution >= 0.6 is 11.8 Å². The molecule has 0 saturated carbocycles. The molecular weight excluding hydrogens is 432 g/mol. The van der Waals surface area contributed by atoms with Gasteiger partial charge in [0, 0.05) is 39.9 Å². The van der Waals surface area contributed by atoms with Crippen molar-refractivity contribution in [3.8, 4) is 5.75 Å². The van der Waals surface area contributed by atoms with Crippen molar-refractivity contribution in [1.29, 1.82) is 0 Å². The topological polar surface area (TPSA) is 57.6 Å². The van der Waals surface area contributed by atoms with Gasteiger partial charge in [-0.25, -0.2) is 8.78 Å². The number of amides is 1. The highest BCUT2D eigenvalue weighted by Crippen LogP contribution is 2.30. The summed E-state index contributed by atoms with van der Waals surface area (Å²) in [4.78, 5) is 28.6. The normalized spacial score (nSPS) is 14.4. The first-order chi connectivity index (χ1) is 15.4. The molecule has 0 bridgehead atoms. The van der Waals surface area contributed by atoms with Crippen LogP contribution in [0.5, 0.6) is 5.75 Å². The number of hydrogen-bond donors (Lipinski definition) is 1. The lowest BCUT2D eigenvalue weighted by molar-refractivity contribution is 0.0650. The first-order valence-corrected chi connectivity index (χ1v) is 11.1. The Morgan fingerprint density at radius 3 is 2.19 bits per heavy atom. The minimum atomic E-state index is -0.893. The highest BCUT2D eigenvalue weighted by atomic mass is 32.2. The summed E-state index contributed by atoms with van der Waals surface area (Å²) < 4.78 is 26.5. The van der Waals surface area contributed by atoms with Crippen LogP contribution in [-0.4, -0.2) is 34.8 Å². The molecule has 4 rings (SSSR count). The lowest BCUT2D eigenvalue weighted by Crippen LogP contribution is -2.40. The number of Topliss-reactive ketones (excluding diaryl/α,β-unsaturated/α-hetero) is 1. The number of nitrogens with zero attached hydrogens (tertiary/aromatic N) is 1. The van der Waals surface area contributed by atoms with Crippen molar-refractivity contribution in [1.82, 2.24) is 4.90 Å². The summed E-state index contributed by atoms with van der Waals surface area (Å²) >= 11 is 1.29. The van der Waals surface area contributed by atoms with Crippen molar-refractivity contribution in [2.24, 2.45) is 5.92 Å². The Bertz CT molecular complexity index is 1140. The van der Waals surface area contributed by atoms with Gasteiger partial charge >= 0.3 is 0 Å². The number of benzene rings is 3. The van der Waals surface area contributed by atoms with Gasteiger partial charge in [0.05, 0.1) is 0 Å². The van der Waals surface area contributed by atoms with Crippen LogP contribution in [0.2, 0.25) is 0 Å². The maximum absolute atomic E-state index is 13.4. The first-order valence-electron chi connectivity index (χ1n) is 10.3. The quantitative estimate of drug-likeness (QED) is 0.514. The van der Waals surface area contributed by atoms with Crippen molar-refractivity contribution in [2.45, 2.75) is 22.6 Å². The number of aromatic hydroxyl groups is 1. The lowest BCUT2D eigenvalue weighted by atomic mass is 9.88. The zero-order chi connectivity index (χ0) is 22.7. The lowest BCUT2D eigenvalue weighted by Gasteiger charge is -2.31. The van der Waals surface area contributed by atoms with Crippen molar-refractivity contribution in [3.05, 3.63) is 89.5 Å². The molecule has 1 aliphatic rings. The summed E-state index contributed by atoms with van der Waals surface area (Å²) in [6, 6.07) is 17.1. The second kappa shape index (κ2) is 9.53. The Morgan fingerprint density at radius 2 is 1.53 bits per heavy atom. The molecule has 0 spiro atoms. The third-order valence-electron chi connectivity index (χ3n) is 5.51. The summed E-state index contributed by atoms with van der Waals surface area (Å²) in [5.41, 5.74) is 1.03. The standard InChI is InChI=1S/C25H21F2NO3S/c26-22-9-8-21(15-23(22)27)32-20-6-4-16(5-7-20)24(30)17-10-12-28(13-11-17)25(31)18-2-1-3-19(29)14-18/h1-9,14-15,17,29H,10-13H2. The number of ketones is 1. The molecule has 7 heteroatoms. The second-order valence-electron chi connectivity index (χ2n) is 7.68. The van der Waals surface area contributed by atoms with Crippen LogP contribution in [0.3, 0.4) is 0 Å². The SMILES string of the molecule is O=C(c1ccc(Sc2ccc(F)c(F)c2)cc1)C1CCN(C(=O)c2cccc(O)c2)CC1. The van der Waals surface area contributed by atoms with E-state index in [1.165, 1.54) is 30.0 Å². The molecule has 1 amide bonds. The Hall–Kier alpha value is -3.19. The molecule has 4 nitrogen and oxygen atoms in total. The smallest absolute Gasteiger partial charge is 0.253 e. The predicted molar refractivity (Wildman–Crippen MR) is 118 cm³/mol. The largest absolute Gasteiger partial charge is 0.508 e. The van der Waals surface area contributed by atoms with Crippen molar-refractivity contribution < 1.29 is 23.5 Å². The molecule has 0 aliphatic carbocycles. The van der Waals surface area contributed by atoms with E-state index in [9.17, 15) is 23.5 Å². The molecule has 1 saturated heterocycles. The van der Waals surface area contributed by atoms with E-state index < -0.39 is 11.6 Å². The van der Waals surface area contributed by atoms with Gasteiger partial charge in [-0.1, -0.05) is 30.0 Å². The molecule has 32 heavy (non-hydrogen) atoms. The fraction of sp³-hybridized carbons (Fsp3) is 0.200. The van der Waals surface area contributed by atoms with Crippen LogP contribution in [0.15, 0.2) is 76.5 Å². The fourth-order valence-electron chi connectivity index (χ4n) is 3.77. The van der Waals surface area contributed by atoms with Crippen LogP contribution in [0.4, 0.5) is 8.78 Å². The van der Waals surface area contributed by atoms with Gasteiger partial charge in [0.15, 0.2) is 17.4 Å². The van der Waals surface area contributed by atoms with Crippen molar-refractivity contribution in [3.63, 3.8) is 0 Å². The number of likely N-dealkylation sites (tertiary alicyclic amines) is 1. The molecule has 0 unspecified atom stereocenters. The van der Waals surface area contributed by atoms with Crippen molar-refractivity contribution >= 4 is 23.5 Å². The highest BCUT2D eigenvalue weighted by molar-refractivity contribution is 7.99. The van der Waals surface area contributed by atoms with E-state index in [4.69, 9.17) is 0 Å². The minimum Gasteiger partial charge on any atom is -0.508 e. The van der Waals surface area contributed by atoms with Crippen LogP contribution in [-0.2, 0) is 0 Å². The number of rotatable bonds is 5. The Balaban J connectivity index is 1.34. The van der Waals surface area contributed by atoms with E-state index >= 15 is 0 Å². The van der Waals surface area contributed by atoms with Gasteiger partial charge in [-0.3, -0.25) is 9.59 Å². The van der Waals surface area contributed by atoms with E-state index in [1.54, 1.807) is 41.3 Å². The van der Waals surface area contributed by atoms with E-state index in [-0.39, 0.29) is 23.4 Å². The molecule has 0 radical (unpaired) electrons. The minimum absolute atomic E-state index is 0.0406. The van der Waals surface area contributed by atoms with Crippen LogP contribution in [0.1, 0.15) is 33.6 Å².